The molecule has 0 aliphatic heterocycles. The Kier molecular flexibility index (Phi) is 2.21. The van der Waals surface area contributed by atoms with E-state index < -0.39 is 0 Å². The van der Waals surface area contributed by atoms with E-state index in [2.05, 4.69) is 4.98 Å². The molecule has 0 aromatic carbocycles. The summed E-state index contributed by atoms with van der Waals surface area (Å²) in [4.78, 5) is 4.02. The second kappa shape index (κ2) is 3.14. The zero-order chi connectivity index (χ0) is 8.27. The zero-order valence-electron chi connectivity index (χ0n) is 6.70. The fourth-order valence-corrected chi connectivity index (χ4v) is 0.930. The van der Waals surface area contributed by atoms with E-state index in [1.807, 2.05) is 30.7 Å². The Bertz CT molecular complexity index is 284. The van der Waals surface area contributed by atoms with E-state index in [4.69, 9.17) is 5.41 Å². The Hall–Kier alpha value is -1.38. The molecular formula is C8H11N3. The lowest BCUT2D eigenvalue weighted by Gasteiger charge is -1.94. The second-order valence-corrected chi connectivity index (χ2v) is 2.27. The predicted molar refractivity (Wildman–Crippen MR) is 45.8 cm³/mol. The third-order valence-corrected chi connectivity index (χ3v) is 1.47. The molecule has 11 heavy (non-hydrogen) atoms. The van der Waals surface area contributed by atoms with Crippen LogP contribution in [0.5, 0.6) is 0 Å². The molecule has 1 aromatic heterocycles. The topological polar surface area (TPSA) is 41.7 Å². The number of hydrogen-bond acceptors (Lipinski definition) is 2. The molecule has 0 aliphatic carbocycles. The van der Waals surface area contributed by atoms with Gasteiger partial charge in [0.15, 0.2) is 0 Å². The van der Waals surface area contributed by atoms with Gasteiger partial charge in [0.05, 0.1) is 12.0 Å². The summed E-state index contributed by atoms with van der Waals surface area (Å²) in [6.45, 7) is 1.95. The third kappa shape index (κ3) is 1.37. The number of hydrogen-bond donors (Lipinski definition) is 1. The highest BCUT2D eigenvalue weighted by molar-refractivity contribution is 5.79. The lowest BCUT2D eigenvalue weighted by Crippen LogP contribution is -1.90. The fraction of sp³-hybridized carbons (Fsp3) is 0.250. The van der Waals surface area contributed by atoms with Gasteiger partial charge in [0.1, 0.15) is 5.69 Å². The maximum absolute atomic E-state index is 7.04. The average Bonchev–Trinajstić information content (AvgIpc) is 2.34. The van der Waals surface area contributed by atoms with Crippen molar-refractivity contribution in [3.05, 3.63) is 23.8 Å². The molecule has 0 atom stereocenters. The number of allylic oxidation sites excluding steroid dienone is 1. The normalized spacial score (nSPS) is 10.7. The van der Waals surface area contributed by atoms with E-state index >= 15 is 0 Å². The Balaban J connectivity index is 3.17. The van der Waals surface area contributed by atoms with Gasteiger partial charge in [-0.05, 0) is 13.0 Å². The van der Waals surface area contributed by atoms with Crippen LogP contribution < -0.4 is 0 Å². The number of nitrogens with zero attached hydrogens (tertiary/aromatic N) is 2. The first-order valence-corrected chi connectivity index (χ1v) is 3.44. The molecule has 0 saturated carbocycles. The maximum atomic E-state index is 7.04. The van der Waals surface area contributed by atoms with Crippen LogP contribution in [0.25, 0.3) is 6.08 Å². The van der Waals surface area contributed by atoms with Crippen molar-refractivity contribution < 1.29 is 0 Å². The summed E-state index contributed by atoms with van der Waals surface area (Å²) in [5.74, 6) is 0. The summed E-state index contributed by atoms with van der Waals surface area (Å²) < 4.78 is 1.89. The molecule has 0 fully saturated rings. The van der Waals surface area contributed by atoms with Crippen molar-refractivity contribution in [1.29, 1.82) is 5.41 Å². The molecular weight excluding hydrogens is 138 g/mol. The van der Waals surface area contributed by atoms with Crippen molar-refractivity contribution in [3.63, 3.8) is 0 Å². The Morgan fingerprint density at radius 1 is 1.64 bits per heavy atom. The smallest absolute Gasteiger partial charge is 0.106 e. The summed E-state index contributed by atoms with van der Waals surface area (Å²) in [6, 6.07) is 0. The average molecular weight is 149 g/mol. The maximum Gasteiger partial charge on any atom is 0.106 e. The van der Waals surface area contributed by atoms with Crippen molar-refractivity contribution in [1.82, 2.24) is 9.55 Å². The van der Waals surface area contributed by atoms with E-state index in [-0.39, 0.29) is 0 Å². The number of nitrogens with one attached hydrogen (secondary N) is 1. The summed E-state index contributed by atoms with van der Waals surface area (Å²) in [5, 5.41) is 7.04. The van der Waals surface area contributed by atoms with Gasteiger partial charge in [-0.15, -0.1) is 0 Å². The summed E-state index contributed by atoms with van der Waals surface area (Å²) in [6.07, 6.45) is 6.84. The van der Waals surface area contributed by atoms with Crippen LogP contribution in [-0.2, 0) is 7.05 Å². The highest BCUT2D eigenvalue weighted by Gasteiger charge is 2.00. The quantitative estimate of drug-likeness (QED) is 0.635. The predicted octanol–water partition coefficient (Wildman–Crippen LogP) is 1.45. The summed E-state index contributed by atoms with van der Waals surface area (Å²) >= 11 is 0. The van der Waals surface area contributed by atoms with Gasteiger partial charge in [0.25, 0.3) is 0 Å². The van der Waals surface area contributed by atoms with E-state index in [0.717, 1.165) is 5.69 Å². The minimum Gasteiger partial charge on any atom is -0.334 e. The van der Waals surface area contributed by atoms with E-state index in [1.165, 1.54) is 6.21 Å². The zero-order valence-corrected chi connectivity index (χ0v) is 6.70. The SMILES string of the molecule is C/C=C\c1c(C=N)ncn1C. The van der Waals surface area contributed by atoms with Gasteiger partial charge in [-0.1, -0.05) is 6.08 Å². The molecule has 1 aromatic rings. The number of imidazole rings is 1. The lowest BCUT2D eigenvalue weighted by atomic mass is 10.3. The van der Waals surface area contributed by atoms with Gasteiger partial charge in [-0.2, -0.15) is 0 Å². The molecule has 3 heteroatoms. The minimum atomic E-state index is 0.714. The van der Waals surface area contributed by atoms with Crippen molar-refractivity contribution in [2.45, 2.75) is 6.92 Å². The Morgan fingerprint density at radius 3 is 2.91 bits per heavy atom. The molecule has 1 rings (SSSR count). The van der Waals surface area contributed by atoms with Crippen LogP contribution in [0, 0.1) is 5.41 Å². The summed E-state index contributed by atoms with van der Waals surface area (Å²) in [7, 11) is 1.91. The lowest BCUT2D eigenvalue weighted by molar-refractivity contribution is 0.902. The van der Waals surface area contributed by atoms with Crippen molar-refractivity contribution >= 4 is 12.3 Å². The molecule has 1 heterocycles. The first-order chi connectivity index (χ1) is 5.29. The molecule has 0 spiro atoms. The van der Waals surface area contributed by atoms with Gasteiger partial charge >= 0.3 is 0 Å². The van der Waals surface area contributed by atoms with Crippen LogP contribution >= 0.6 is 0 Å². The fourth-order valence-electron chi connectivity index (χ4n) is 0.930. The monoisotopic (exact) mass is 149 g/mol. The first-order valence-electron chi connectivity index (χ1n) is 3.44. The van der Waals surface area contributed by atoms with E-state index in [1.54, 1.807) is 6.33 Å². The van der Waals surface area contributed by atoms with Crippen molar-refractivity contribution in [2.24, 2.45) is 7.05 Å². The molecule has 0 aliphatic rings. The first kappa shape index (κ1) is 7.72. The molecule has 58 valence electrons. The van der Waals surface area contributed by atoms with Gasteiger partial charge in [0.2, 0.25) is 0 Å². The van der Waals surface area contributed by atoms with Crippen LogP contribution in [0.2, 0.25) is 0 Å². The van der Waals surface area contributed by atoms with Crippen LogP contribution in [-0.4, -0.2) is 15.8 Å². The highest BCUT2D eigenvalue weighted by Crippen LogP contribution is 2.05. The van der Waals surface area contributed by atoms with Crippen LogP contribution in [0.3, 0.4) is 0 Å². The largest absolute Gasteiger partial charge is 0.334 e. The van der Waals surface area contributed by atoms with Crippen LogP contribution in [0.15, 0.2) is 12.4 Å². The van der Waals surface area contributed by atoms with E-state index in [0.29, 0.717) is 5.69 Å². The Morgan fingerprint density at radius 2 is 2.36 bits per heavy atom. The molecule has 1 N–H and O–H groups in total. The molecule has 0 radical (unpaired) electrons. The number of aryl methyl sites for hydroxylation is 1. The van der Waals surface area contributed by atoms with E-state index in [9.17, 15) is 0 Å². The standard InChI is InChI=1S/C8H11N3/c1-3-4-8-7(5-9)10-6-11(8)2/h3-6,9H,1-2H3/b4-3-,9-5?. The van der Waals surface area contributed by atoms with Crippen LogP contribution in [0.1, 0.15) is 18.3 Å². The molecule has 0 unspecified atom stereocenters. The van der Waals surface area contributed by atoms with Crippen LogP contribution in [0.4, 0.5) is 0 Å². The number of aromatic nitrogens is 2. The van der Waals surface area contributed by atoms with Crippen molar-refractivity contribution in [2.75, 3.05) is 0 Å². The third-order valence-electron chi connectivity index (χ3n) is 1.47. The number of rotatable bonds is 2. The van der Waals surface area contributed by atoms with Crippen molar-refractivity contribution in [3.8, 4) is 0 Å². The molecule has 0 saturated heterocycles. The van der Waals surface area contributed by atoms with Gasteiger partial charge in [-0.3, -0.25) is 0 Å². The summed E-state index contributed by atoms with van der Waals surface area (Å²) in [5.41, 5.74) is 1.69. The second-order valence-electron chi connectivity index (χ2n) is 2.27. The van der Waals surface area contributed by atoms with Gasteiger partial charge < -0.3 is 9.98 Å². The minimum absolute atomic E-state index is 0.714. The molecule has 0 bridgehead atoms. The highest BCUT2D eigenvalue weighted by atomic mass is 15.0. The van der Waals surface area contributed by atoms with Gasteiger partial charge in [0, 0.05) is 13.3 Å². The molecule has 3 nitrogen and oxygen atoms in total. The Labute approximate surface area is 65.9 Å². The van der Waals surface area contributed by atoms with Gasteiger partial charge in [-0.25, -0.2) is 4.98 Å². The molecule has 0 amide bonds.